The number of rotatable bonds is 10. The number of hydrogen-bond acceptors (Lipinski definition) is 0. The third kappa shape index (κ3) is 3.70. The van der Waals surface area contributed by atoms with Gasteiger partial charge in [0.05, 0.1) is 0 Å². The normalized spacial score (nSPS) is 20.1. The first-order chi connectivity index (χ1) is 20.2. The maximum absolute atomic E-state index is 5.14. The molecule has 6 rings (SSSR count). The molecule has 216 valence electrons. The van der Waals surface area contributed by atoms with Crippen LogP contribution in [0.1, 0.15) is 77.2 Å². The van der Waals surface area contributed by atoms with Gasteiger partial charge in [0.1, 0.15) is 0 Å². The van der Waals surface area contributed by atoms with Crippen LogP contribution in [0.5, 0.6) is 0 Å². The van der Waals surface area contributed by atoms with Crippen molar-refractivity contribution in [1.29, 1.82) is 0 Å². The Morgan fingerprint density at radius 3 is 1.95 bits per heavy atom. The van der Waals surface area contributed by atoms with E-state index in [1.54, 1.807) is 20.6 Å². The topological polar surface area (TPSA) is 0 Å². The minimum atomic E-state index is -5.14. The van der Waals surface area contributed by atoms with Crippen LogP contribution < -0.4 is 3.87 Å². The van der Waals surface area contributed by atoms with E-state index in [9.17, 15) is 0 Å². The second-order valence-corrected chi connectivity index (χ2v) is 46.7. The summed E-state index contributed by atoms with van der Waals surface area (Å²) in [6.45, 7) is 7.26. The third-order valence-corrected chi connectivity index (χ3v) is 42.6. The first-order valence-electron chi connectivity index (χ1n) is 16.3. The van der Waals surface area contributed by atoms with Gasteiger partial charge in [-0.25, -0.2) is 0 Å². The number of hydrogen-bond donors (Lipinski definition) is 0. The molecule has 2 aliphatic rings. The molecule has 2 atom stereocenters. The third-order valence-electron chi connectivity index (χ3n) is 12.8. The van der Waals surface area contributed by atoms with Crippen LogP contribution in [-0.2, 0) is 11.5 Å². The fraction of sp³-hybridized carbons (Fsp3) is 0.300. The Morgan fingerprint density at radius 1 is 0.690 bits per heavy atom. The predicted octanol–water partition coefficient (Wildman–Crippen LogP) is 10.7. The molecule has 0 fully saturated rings. The maximum atomic E-state index is 2.94. The molecule has 4 aromatic carbocycles. The summed E-state index contributed by atoms with van der Waals surface area (Å²) < 4.78 is 4.99. The average molecular weight is 605 g/mol. The van der Waals surface area contributed by atoms with Crippen molar-refractivity contribution in [2.75, 3.05) is 0 Å². The van der Waals surface area contributed by atoms with Crippen LogP contribution in [0.4, 0.5) is 0 Å². The Labute approximate surface area is 251 Å². The molecular weight excluding hydrogens is 556 g/mol. The summed E-state index contributed by atoms with van der Waals surface area (Å²) in [6.07, 6.45) is 12.7. The van der Waals surface area contributed by atoms with Crippen LogP contribution in [0.25, 0.3) is 23.3 Å². The molecule has 2 heteroatoms. The zero-order chi connectivity index (χ0) is 29.5. The van der Waals surface area contributed by atoms with Crippen LogP contribution >= 0.6 is 0 Å². The van der Waals surface area contributed by atoms with E-state index in [1.807, 2.05) is 0 Å². The molecule has 0 spiro atoms. The van der Waals surface area contributed by atoms with E-state index in [0.29, 0.717) is 8.45 Å². The molecule has 0 amide bonds. The summed E-state index contributed by atoms with van der Waals surface area (Å²) in [5.41, 5.74) is 10.2. The van der Waals surface area contributed by atoms with Crippen molar-refractivity contribution in [2.24, 2.45) is 0 Å². The Morgan fingerprint density at radius 2 is 1.29 bits per heavy atom. The molecule has 0 nitrogen and oxygen atoms in total. The van der Waals surface area contributed by atoms with Gasteiger partial charge >= 0.3 is 253 Å². The van der Waals surface area contributed by atoms with Crippen molar-refractivity contribution >= 4 is 23.7 Å². The first-order valence-corrected chi connectivity index (χ1v) is 26.7. The van der Waals surface area contributed by atoms with Gasteiger partial charge < -0.3 is 0 Å². The van der Waals surface area contributed by atoms with Crippen LogP contribution in [0, 0.1) is 0 Å². The standard InChI is InChI=1S/C15H11.C10H9.C6H5.2C4H9.CH3.H2Si.Ti/c1-2-6-12(7-3-1)14-10-4-8-13-9-5-11-15(13)14;1-8-6-9-4-2-3-5-10(9)7-8;1-2-4-6-5-3-1;2*1-3-4-2;;;/h1-11H;2-7H,1H3;1-5H;2*1,3-4H2,2H3;1H3;1H2;. The fourth-order valence-corrected chi connectivity index (χ4v) is 39.9. The monoisotopic (exact) mass is 604 g/mol. The Hall–Kier alpha value is -2.71. The molecule has 0 saturated carbocycles. The molecule has 2 unspecified atom stereocenters. The van der Waals surface area contributed by atoms with E-state index in [0.717, 1.165) is 0 Å². The van der Waals surface area contributed by atoms with Gasteiger partial charge in [-0.2, -0.15) is 0 Å². The molecule has 0 aromatic heterocycles. The van der Waals surface area contributed by atoms with E-state index in [-0.39, 0.29) is 0 Å². The number of allylic oxidation sites excluding steroid dienone is 2. The molecule has 0 heterocycles. The minimum absolute atomic E-state index is 0.361. The summed E-state index contributed by atoms with van der Waals surface area (Å²) in [7, 11) is 2.58. The van der Waals surface area contributed by atoms with Gasteiger partial charge in [0.2, 0.25) is 0 Å². The Kier molecular flexibility index (Phi) is 6.75. The van der Waals surface area contributed by atoms with Crippen LogP contribution in [0.3, 0.4) is 0 Å². The molecule has 0 saturated heterocycles. The van der Waals surface area contributed by atoms with Gasteiger partial charge in [-0.3, -0.25) is 0 Å². The number of benzene rings is 4. The Balaban J connectivity index is 1.82. The zero-order valence-corrected chi connectivity index (χ0v) is 29.1. The van der Waals surface area contributed by atoms with Crippen LogP contribution in [0.15, 0.2) is 115 Å². The molecular formula is C40H48SiTi. The molecule has 4 aromatic rings. The van der Waals surface area contributed by atoms with Gasteiger partial charge in [0.25, 0.3) is 0 Å². The predicted molar refractivity (Wildman–Crippen MR) is 186 cm³/mol. The van der Waals surface area contributed by atoms with Crippen LogP contribution in [-0.4, -0.2) is 7.63 Å². The summed E-state index contributed by atoms with van der Waals surface area (Å²) >= 11 is -5.14. The van der Waals surface area contributed by atoms with Gasteiger partial charge in [-0.05, 0) is 0 Å². The molecule has 0 radical (unpaired) electrons. The van der Waals surface area contributed by atoms with E-state index in [2.05, 4.69) is 155 Å². The summed E-state index contributed by atoms with van der Waals surface area (Å²) in [6, 6.07) is 39.6. The summed E-state index contributed by atoms with van der Waals surface area (Å²) in [5, 5.41) is 2.94. The van der Waals surface area contributed by atoms with Gasteiger partial charge in [-0.15, -0.1) is 0 Å². The molecule has 0 N–H and O–H groups in total. The van der Waals surface area contributed by atoms with Crippen molar-refractivity contribution in [3.8, 4) is 11.1 Å². The second kappa shape index (κ2) is 9.65. The van der Waals surface area contributed by atoms with Gasteiger partial charge in [0, 0.05) is 0 Å². The SMILES string of the molecule is CCC[CH2][Ti]([CH3])(=[SiH2])([CH2]CCC)([c]1ccccc1)([CH]1C=Cc2c(-c3ccccc3)cccc21)[CH]1C(C)=Cc2ccccc21. The van der Waals surface area contributed by atoms with E-state index in [4.69, 9.17) is 0 Å². The van der Waals surface area contributed by atoms with E-state index < -0.39 is 11.5 Å². The van der Waals surface area contributed by atoms with E-state index >= 15 is 0 Å². The summed E-state index contributed by atoms with van der Waals surface area (Å²) in [5.74, 6) is 0. The quantitative estimate of drug-likeness (QED) is 0.158. The number of unbranched alkanes of at least 4 members (excludes halogenated alkanes) is 2. The van der Waals surface area contributed by atoms with Crippen molar-refractivity contribution in [1.82, 2.24) is 0 Å². The van der Waals surface area contributed by atoms with Crippen molar-refractivity contribution < 1.29 is 11.5 Å². The van der Waals surface area contributed by atoms with E-state index in [1.165, 1.54) is 57.4 Å². The van der Waals surface area contributed by atoms with Crippen molar-refractivity contribution in [2.45, 2.75) is 69.6 Å². The van der Waals surface area contributed by atoms with Crippen molar-refractivity contribution in [3.63, 3.8) is 0 Å². The molecule has 42 heavy (non-hydrogen) atoms. The van der Waals surface area contributed by atoms with Crippen LogP contribution in [0.2, 0.25) is 14.7 Å². The fourth-order valence-electron chi connectivity index (χ4n) is 10.8. The average Bonchev–Trinajstić information content (AvgIpc) is 3.63. The first kappa shape index (κ1) is 29.4. The van der Waals surface area contributed by atoms with Gasteiger partial charge in [0.15, 0.2) is 0 Å². The van der Waals surface area contributed by atoms with Crippen molar-refractivity contribution in [3.05, 3.63) is 137 Å². The molecule has 0 aliphatic heterocycles. The Bertz CT molecular complexity index is 1830. The molecule has 2 aliphatic carbocycles. The summed E-state index contributed by atoms with van der Waals surface area (Å²) in [4.78, 5) is 0. The molecule has 0 bridgehead atoms. The zero-order valence-electron chi connectivity index (χ0n) is 26.2. The van der Waals surface area contributed by atoms with Gasteiger partial charge in [-0.1, -0.05) is 0 Å². The number of fused-ring (bicyclic) bond motifs is 2. The second-order valence-electron chi connectivity index (χ2n) is 15.4.